The van der Waals surface area contributed by atoms with Gasteiger partial charge in [0.15, 0.2) is 0 Å². The van der Waals surface area contributed by atoms with Gasteiger partial charge in [-0.1, -0.05) is 6.92 Å². The van der Waals surface area contributed by atoms with Crippen molar-refractivity contribution in [3.05, 3.63) is 21.4 Å². The number of urea groups is 1. The van der Waals surface area contributed by atoms with E-state index in [9.17, 15) is 9.59 Å². The average molecular weight is 284 g/mol. The van der Waals surface area contributed by atoms with Gasteiger partial charge in [-0.05, 0) is 31.4 Å². The number of carboxylic acid groups (broad SMARTS) is 1. The molecule has 1 aromatic heterocycles. The van der Waals surface area contributed by atoms with Crippen LogP contribution in [0.25, 0.3) is 0 Å². The van der Waals surface area contributed by atoms with Gasteiger partial charge in [-0.2, -0.15) is 0 Å². The predicted octanol–water partition coefficient (Wildman–Crippen LogP) is 2.27. The van der Waals surface area contributed by atoms with Crippen LogP contribution in [0.1, 0.15) is 28.7 Å². The summed E-state index contributed by atoms with van der Waals surface area (Å²) in [5.74, 6) is -0.922. The number of aryl methyl sites for hydroxylation is 2. The summed E-state index contributed by atoms with van der Waals surface area (Å²) in [7, 11) is 0. The van der Waals surface area contributed by atoms with Crippen molar-refractivity contribution in [2.24, 2.45) is 5.92 Å². The molecule has 1 heterocycles. The Morgan fingerprint density at radius 1 is 1.37 bits per heavy atom. The van der Waals surface area contributed by atoms with Crippen LogP contribution in [0.5, 0.6) is 0 Å². The van der Waals surface area contributed by atoms with E-state index in [-0.39, 0.29) is 18.4 Å². The summed E-state index contributed by atoms with van der Waals surface area (Å²) in [4.78, 5) is 24.4. The van der Waals surface area contributed by atoms with Gasteiger partial charge >= 0.3 is 12.0 Å². The summed E-state index contributed by atoms with van der Waals surface area (Å²) >= 11 is 1.67. The van der Waals surface area contributed by atoms with Crippen LogP contribution in [0, 0.1) is 19.8 Å². The Labute approximate surface area is 117 Å². The van der Waals surface area contributed by atoms with E-state index in [1.165, 1.54) is 10.4 Å². The van der Waals surface area contributed by atoms with E-state index in [1.54, 1.807) is 18.3 Å². The molecule has 3 N–H and O–H groups in total. The zero-order valence-electron chi connectivity index (χ0n) is 11.4. The van der Waals surface area contributed by atoms with E-state index in [0.29, 0.717) is 13.1 Å². The van der Waals surface area contributed by atoms with E-state index in [4.69, 9.17) is 5.11 Å². The highest BCUT2D eigenvalue weighted by Crippen LogP contribution is 2.20. The summed E-state index contributed by atoms with van der Waals surface area (Å²) in [5, 5.41) is 14.0. The number of hydrogen-bond acceptors (Lipinski definition) is 3. The molecule has 0 radical (unpaired) electrons. The third-order valence-electron chi connectivity index (χ3n) is 2.77. The van der Waals surface area contributed by atoms with E-state index < -0.39 is 5.97 Å². The minimum Gasteiger partial charge on any atom is -0.481 e. The van der Waals surface area contributed by atoms with Crippen LogP contribution in [0.3, 0.4) is 0 Å². The Bertz CT molecular complexity index is 437. The van der Waals surface area contributed by atoms with Crippen LogP contribution in [-0.4, -0.2) is 23.7 Å². The molecule has 6 heteroatoms. The SMILES string of the molecule is Cc1cc(CNC(=O)NCC(C)CC(=O)O)sc1C. The molecule has 5 nitrogen and oxygen atoms in total. The summed E-state index contributed by atoms with van der Waals surface area (Å²) in [6, 6.07) is 1.80. The van der Waals surface area contributed by atoms with Crippen molar-refractivity contribution in [2.75, 3.05) is 6.54 Å². The van der Waals surface area contributed by atoms with Gasteiger partial charge in [0, 0.05) is 22.7 Å². The van der Waals surface area contributed by atoms with Crippen molar-refractivity contribution in [1.29, 1.82) is 0 Å². The number of thiophene rings is 1. The minimum absolute atomic E-state index is 0.0591. The number of aliphatic carboxylic acids is 1. The average Bonchev–Trinajstić information content (AvgIpc) is 2.63. The lowest BCUT2D eigenvalue weighted by Crippen LogP contribution is -2.37. The Hall–Kier alpha value is -1.56. The maximum Gasteiger partial charge on any atom is 0.315 e. The van der Waals surface area contributed by atoms with Crippen LogP contribution in [0.4, 0.5) is 4.79 Å². The second-order valence-corrected chi connectivity index (χ2v) is 6.06. The van der Waals surface area contributed by atoms with Crippen molar-refractivity contribution in [3.63, 3.8) is 0 Å². The number of nitrogens with one attached hydrogen (secondary N) is 2. The quantitative estimate of drug-likeness (QED) is 0.750. The van der Waals surface area contributed by atoms with Crippen molar-refractivity contribution in [2.45, 2.75) is 33.7 Å². The lowest BCUT2D eigenvalue weighted by Gasteiger charge is -2.10. The molecule has 2 amide bonds. The molecule has 0 spiro atoms. The van der Waals surface area contributed by atoms with Crippen molar-refractivity contribution in [1.82, 2.24) is 10.6 Å². The molecule has 0 aromatic carbocycles. The predicted molar refractivity (Wildman–Crippen MR) is 75.4 cm³/mol. The minimum atomic E-state index is -0.848. The second-order valence-electron chi connectivity index (χ2n) is 4.72. The highest BCUT2D eigenvalue weighted by Gasteiger charge is 2.09. The molecular weight excluding hydrogens is 264 g/mol. The zero-order valence-corrected chi connectivity index (χ0v) is 12.3. The molecule has 0 saturated heterocycles. The standard InChI is InChI=1S/C13H20N2O3S/c1-8(4-12(16)17)6-14-13(18)15-7-11-5-9(2)10(3)19-11/h5,8H,4,6-7H2,1-3H3,(H,16,17)(H2,14,15,18). The molecule has 0 aliphatic heterocycles. The van der Waals surface area contributed by atoms with Crippen molar-refractivity contribution < 1.29 is 14.7 Å². The van der Waals surface area contributed by atoms with Crippen LogP contribution in [0.2, 0.25) is 0 Å². The lowest BCUT2D eigenvalue weighted by atomic mass is 10.1. The highest BCUT2D eigenvalue weighted by atomic mass is 32.1. The fourth-order valence-corrected chi connectivity index (χ4v) is 2.60. The first-order valence-corrected chi connectivity index (χ1v) is 6.99. The first kappa shape index (κ1) is 15.5. The molecule has 1 unspecified atom stereocenters. The molecule has 1 atom stereocenters. The molecule has 0 fully saturated rings. The summed E-state index contributed by atoms with van der Waals surface area (Å²) < 4.78 is 0. The molecule has 106 valence electrons. The van der Waals surface area contributed by atoms with E-state index in [0.717, 1.165) is 4.88 Å². The topological polar surface area (TPSA) is 78.4 Å². The van der Waals surface area contributed by atoms with Crippen molar-refractivity contribution >= 4 is 23.3 Å². The fourth-order valence-electron chi connectivity index (χ4n) is 1.60. The maximum absolute atomic E-state index is 11.5. The van der Waals surface area contributed by atoms with Gasteiger partial charge in [-0.3, -0.25) is 4.79 Å². The zero-order chi connectivity index (χ0) is 14.4. The normalized spacial score (nSPS) is 11.9. The van der Waals surface area contributed by atoms with Crippen LogP contribution in [0.15, 0.2) is 6.07 Å². The number of hydrogen-bond donors (Lipinski definition) is 3. The third kappa shape index (κ3) is 5.74. The lowest BCUT2D eigenvalue weighted by molar-refractivity contribution is -0.137. The molecule has 0 saturated carbocycles. The number of carbonyl (C=O) groups is 2. The number of rotatable bonds is 6. The Morgan fingerprint density at radius 3 is 2.58 bits per heavy atom. The first-order valence-electron chi connectivity index (χ1n) is 6.18. The van der Waals surface area contributed by atoms with E-state index in [2.05, 4.69) is 23.6 Å². The highest BCUT2D eigenvalue weighted by molar-refractivity contribution is 7.12. The molecule has 19 heavy (non-hydrogen) atoms. The number of carboxylic acids is 1. The molecule has 1 rings (SSSR count). The molecular formula is C13H20N2O3S. The van der Waals surface area contributed by atoms with Crippen LogP contribution in [-0.2, 0) is 11.3 Å². The molecule has 1 aromatic rings. The maximum atomic E-state index is 11.5. The van der Waals surface area contributed by atoms with Gasteiger partial charge in [0.2, 0.25) is 0 Å². The number of carbonyl (C=O) groups excluding carboxylic acids is 1. The molecule has 0 aliphatic carbocycles. The monoisotopic (exact) mass is 284 g/mol. The third-order valence-corrected chi connectivity index (χ3v) is 3.93. The van der Waals surface area contributed by atoms with Gasteiger partial charge in [0.1, 0.15) is 0 Å². The Balaban J connectivity index is 2.26. The van der Waals surface area contributed by atoms with Gasteiger partial charge in [0.25, 0.3) is 0 Å². The van der Waals surface area contributed by atoms with Gasteiger partial charge in [-0.25, -0.2) is 4.79 Å². The second kappa shape index (κ2) is 7.13. The molecule has 0 bridgehead atoms. The number of amides is 2. The van der Waals surface area contributed by atoms with Crippen molar-refractivity contribution in [3.8, 4) is 0 Å². The van der Waals surface area contributed by atoms with Gasteiger partial charge in [0.05, 0.1) is 6.54 Å². The fraction of sp³-hybridized carbons (Fsp3) is 0.538. The summed E-state index contributed by atoms with van der Waals surface area (Å²) in [6.45, 7) is 6.75. The first-order chi connectivity index (χ1) is 8.88. The van der Waals surface area contributed by atoms with E-state index in [1.807, 2.05) is 6.92 Å². The smallest absolute Gasteiger partial charge is 0.315 e. The van der Waals surface area contributed by atoms with E-state index >= 15 is 0 Å². The van der Waals surface area contributed by atoms with Gasteiger partial charge in [-0.15, -0.1) is 11.3 Å². The summed E-state index contributed by atoms with van der Waals surface area (Å²) in [5.41, 5.74) is 1.23. The Kier molecular flexibility index (Phi) is 5.82. The molecule has 0 aliphatic rings. The van der Waals surface area contributed by atoms with Crippen LogP contribution < -0.4 is 10.6 Å². The van der Waals surface area contributed by atoms with Gasteiger partial charge < -0.3 is 15.7 Å². The summed E-state index contributed by atoms with van der Waals surface area (Å²) in [6.07, 6.45) is 0.0591. The largest absolute Gasteiger partial charge is 0.481 e. The Morgan fingerprint density at radius 2 is 2.05 bits per heavy atom. The van der Waals surface area contributed by atoms with Crippen LogP contribution >= 0.6 is 11.3 Å².